The Morgan fingerprint density at radius 1 is 1.55 bits per heavy atom. The molecule has 1 rings (SSSR count). The highest BCUT2D eigenvalue weighted by Gasteiger charge is 2.20. The first kappa shape index (κ1) is 16.7. The molecule has 0 spiro atoms. The first-order valence-electron chi connectivity index (χ1n) is 6.88. The Morgan fingerprint density at radius 2 is 2.20 bits per heavy atom. The normalized spacial score (nSPS) is 12.2. The number of anilines is 1. The van der Waals surface area contributed by atoms with Crippen molar-refractivity contribution in [1.29, 1.82) is 0 Å². The third-order valence-electron chi connectivity index (χ3n) is 3.05. The predicted octanol–water partition coefficient (Wildman–Crippen LogP) is 1.65. The summed E-state index contributed by atoms with van der Waals surface area (Å²) in [6, 6.07) is 1.76. The van der Waals surface area contributed by atoms with Gasteiger partial charge in [-0.2, -0.15) is 0 Å². The fourth-order valence-corrected chi connectivity index (χ4v) is 1.89. The van der Waals surface area contributed by atoms with Gasteiger partial charge in [0.1, 0.15) is 0 Å². The highest BCUT2D eigenvalue weighted by Crippen LogP contribution is 2.17. The summed E-state index contributed by atoms with van der Waals surface area (Å²) in [6.45, 7) is 9.82. The van der Waals surface area contributed by atoms with Crippen molar-refractivity contribution in [3.8, 4) is 0 Å². The van der Waals surface area contributed by atoms with Gasteiger partial charge in [-0.3, -0.25) is 15.0 Å². The Kier molecular flexibility index (Phi) is 5.71. The summed E-state index contributed by atoms with van der Waals surface area (Å²) in [5.41, 5.74) is 6.51. The molecule has 0 aromatic carbocycles. The van der Waals surface area contributed by atoms with E-state index in [2.05, 4.69) is 24.3 Å². The van der Waals surface area contributed by atoms with Crippen LogP contribution in [0.5, 0.6) is 0 Å². The number of nitrogens with one attached hydrogen (secondary N) is 1. The number of hydrogen-bond donors (Lipinski definition) is 2. The van der Waals surface area contributed by atoms with E-state index in [0.29, 0.717) is 19.0 Å². The first-order valence-corrected chi connectivity index (χ1v) is 6.88. The van der Waals surface area contributed by atoms with E-state index in [0.717, 1.165) is 12.2 Å². The maximum absolute atomic E-state index is 11.9. The number of aromatic nitrogens is 1. The summed E-state index contributed by atoms with van der Waals surface area (Å²) in [6.07, 6.45) is 0. The third kappa shape index (κ3) is 5.30. The second-order valence-corrected chi connectivity index (χ2v) is 6.36. The van der Waals surface area contributed by atoms with Crippen LogP contribution in [0, 0.1) is 5.41 Å². The van der Waals surface area contributed by atoms with Crippen LogP contribution in [0.3, 0.4) is 0 Å². The molecule has 6 heteroatoms. The second-order valence-electron chi connectivity index (χ2n) is 6.36. The van der Waals surface area contributed by atoms with Crippen molar-refractivity contribution in [3.63, 3.8) is 0 Å². The van der Waals surface area contributed by atoms with Crippen LogP contribution in [0.15, 0.2) is 10.6 Å². The lowest BCUT2D eigenvalue weighted by molar-refractivity contribution is -0.117. The maximum atomic E-state index is 11.9. The Morgan fingerprint density at radius 3 is 2.70 bits per heavy atom. The van der Waals surface area contributed by atoms with Crippen LogP contribution in [0.4, 0.5) is 5.88 Å². The van der Waals surface area contributed by atoms with E-state index in [1.807, 2.05) is 25.8 Å². The van der Waals surface area contributed by atoms with E-state index in [9.17, 15) is 4.79 Å². The van der Waals surface area contributed by atoms with E-state index in [-0.39, 0.29) is 17.2 Å². The van der Waals surface area contributed by atoms with Crippen molar-refractivity contribution >= 4 is 11.8 Å². The molecule has 1 heterocycles. The number of likely N-dealkylation sites (N-methyl/N-ethyl adjacent to an activating group) is 1. The van der Waals surface area contributed by atoms with E-state index in [1.54, 1.807) is 6.07 Å². The first-order chi connectivity index (χ1) is 9.23. The summed E-state index contributed by atoms with van der Waals surface area (Å²) < 4.78 is 5.08. The van der Waals surface area contributed by atoms with Crippen LogP contribution in [0.2, 0.25) is 0 Å². The number of hydrogen-bond acceptors (Lipinski definition) is 5. The molecule has 0 aliphatic carbocycles. The van der Waals surface area contributed by atoms with E-state index in [4.69, 9.17) is 10.3 Å². The minimum atomic E-state index is -0.119. The molecule has 0 unspecified atom stereocenters. The van der Waals surface area contributed by atoms with E-state index >= 15 is 0 Å². The Bertz CT molecular complexity index is 440. The average Bonchev–Trinajstić information content (AvgIpc) is 2.76. The Balaban J connectivity index is 2.46. The predicted molar refractivity (Wildman–Crippen MR) is 79.6 cm³/mol. The number of carbonyl (C=O) groups excluding carboxylic acids is 1. The molecule has 0 bridgehead atoms. The smallest absolute Gasteiger partial charge is 0.240 e. The van der Waals surface area contributed by atoms with Crippen molar-refractivity contribution in [2.45, 2.75) is 33.6 Å². The topological polar surface area (TPSA) is 84.4 Å². The molecule has 0 saturated carbocycles. The Labute approximate surface area is 120 Å². The SMILES string of the molecule is CC(C)c1cc(NC(=O)CN(C)CC(C)(C)CN)on1. The number of amides is 1. The standard InChI is InChI=1S/C14H26N4O2/c1-10(2)11-6-13(20-17-11)16-12(19)7-18(5)9-14(3,4)8-15/h6,10H,7-9,15H2,1-5H3,(H,16,19). The molecule has 0 aliphatic rings. The largest absolute Gasteiger partial charge is 0.338 e. The zero-order valence-electron chi connectivity index (χ0n) is 13.1. The molecule has 0 saturated heterocycles. The quantitative estimate of drug-likeness (QED) is 0.794. The van der Waals surface area contributed by atoms with Gasteiger partial charge in [0, 0.05) is 12.6 Å². The van der Waals surface area contributed by atoms with Gasteiger partial charge in [-0.1, -0.05) is 32.9 Å². The summed E-state index contributed by atoms with van der Waals surface area (Å²) in [7, 11) is 1.90. The molecule has 114 valence electrons. The molecule has 0 radical (unpaired) electrons. The molecule has 20 heavy (non-hydrogen) atoms. The van der Waals surface area contributed by atoms with Crippen LogP contribution >= 0.6 is 0 Å². The van der Waals surface area contributed by atoms with Gasteiger partial charge >= 0.3 is 0 Å². The second kappa shape index (κ2) is 6.85. The number of rotatable bonds is 7. The molecule has 1 aromatic rings. The summed E-state index contributed by atoms with van der Waals surface area (Å²) in [5.74, 6) is 0.550. The summed E-state index contributed by atoms with van der Waals surface area (Å²) >= 11 is 0. The molecule has 1 amide bonds. The zero-order valence-corrected chi connectivity index (χ0v) is 13.1. The molecule has 0 aliphatic heterocycles. The van der Waals surface area contributed by atoms with Gasteiger partial charge < -0.3 is 10.3 Å². The minimum Gasteiger partial charge on any atom is -0.338 e. The number of nitrogens with zero attached hydrogens (tertiary/aromatic N) is 2. The molecular formula is C14H26N4O2. The summed E-state index contributed by atoms with van der Waals surface area (Å²) in [5, 5.41) is 6.61. The van der Waals surface area contributed by atoms with Crippen LogP contribution in [0.1, 0.15) is 39.3 Å². The van der Waals surface area contributed by atoms with Crippen LogP contribution in [-0.2, 0) is 4.79 Å². The van der Waals surface area contributed by atoms with Gasteiger partial charge in [0.15, 0.2) is 0 Å². The van der Waals surface area contributed by atoms with Crippen molar-refractivity contribution < 1.29 is 9.32 Å². The maximum Gasteiger partial charge on any atom is 0.240 e. The van der Waals surface area contributed by atoms with E-state index in [1.165, 1.54) is 0 Å². The van der Waals surface area contributed by atoms with Crippen molar-refractivity contribution in [1.82, 2.24) is 10.1 Å². The number of carbonyl (C=O) groups is 1. The Hall–Kier alpha value is -1.40. The number of nitrogens with two attached hydrogens (primary N) is 1. The molecule has 6 nitrogen and oxygen atoms in total. The highest BCUT2D eigenvalue weighted by molar-refractivity contribution is 5.90. The molecule has 1 aromatic heterocycles. The molecule has 0 atom stereocenters. The van der Waals surface area contributed by atoms with Crippen LogP contribution in [0.25, 0.3) is 0 Å². The minimum absolute atomic E-state index is 0.00786. The lowest BCUT2D eigenvalue weighted by atomic mass is 9.93. The van der Waals surface area contributed by atoms with Crippen molar-refractivity contribution in [3.05, 3.63) is 11.8 Å². The molecule has 3 N–H and O–H groups in total. The van der Waals surface area contributed by atoms with Gasteiger partial charge in [-0.15, -0.1) is 0 Å². The molecular weight excluding hydrogens is 256 g/mol. The van der Waals surface area contributed by atoms with Gasteiger partial charge in [0.05, 0.1) is 12.2 Å². The van der Waals surface area contributed by atoms with Gasteiger partial charge in [0.25, 0.3) is 0 Å². The van der Waals surface area contributed by atoms with Crippen LogP contribution < -0.4 is 11.1 Å². The zero-order chi connectivity index (χ0) is 15.3. The fourth-order valence-electron chi connectivity index (χ4n) is 1.89. The highest BCUT2D eigenvalue weighted by atomic mass is 16.5. The fraction of sp³-hybridized carbons (Fsp3) is 0.714. The summed E-state index contributed by atoms with van der Waals surface area (Å²) in [4.78, 5) is 13.9. The average molecular weight is 282 g/mol. The van der Waals surface area contributed by atoms with Crippen LogP contribution in [-0.4, -0.2) is 42.6 Å². The van der Waals surface area contributed by atoms with Crippen molar-refractivity contribution in [2.75, 3.05) is 32.0 Å². The molecule has 0 fully saturated rings. The van der Waals surface area contributed by atoms with Gasteiger partial charge in [0.2, 0.25) is 11.8 Å². The monoisotopic (exact) mass is 282 g/mol. The van der Waals surface area contributed by atoms with E-state index < -0.39 is 0 Å². The van der Waals surface area contributed by atoms with Gasteiger partial charge in [-0.25, -0.2) is 0 Å². The third-order valence-corrected chi connectivity index (χ3v) is 3.05. The lowest BCUT2D eigenvalue weighted by Crippen LogP contribution is -2.40. The lowest BCUT2D eigenvalue weighted by Gasteiger charge is -2.28. The van der Waals surface area contributed by atoms with Crippen molar-refractivity contribution in [2.24, 2.45) is 11.1 Å². The van der Waals surface area contributed by atoms with Gasteiger partial charge in [-0.05, 0) is 24.9 Å².